The van der Waals surface area contributed by atoms with Crippen molar-refractivity contribution in [3.05, 3.63) is 24.3 Å². The molecule has 0 aliphatic rings. The van der Waals surface area contributed by atoms with E-state index in [1.54, 1.807) is 18.9 Å². The van der Waals surface area contributed by atoms with E-state index < -0.39 is 0 Å². The number of methoxy groups -OCH3 is 1. The summed E-state index contributed by atoms with van der Waals surface area (Å²) in [5.41, 5.74) is 0. The number of amides is 1. The lowest BCUT2D eigenvalue weighted by molar-refractivity contribution is -0.144. The zero-order chi connectivity index (χ0) is 19.4. The SMILES string of the molecule is CCOC(=O)CCN(CC(C)C)C(=O)CCCOc1ccc(OC)cc1. The van der Waals surface area contributed by atoms with Gasteiger partial charge in [-0.3, -0.25) is 9.59 Å². The second-order valence-electron chi connectivity index (χ2n) is 6.42. The third-order valence-corrected chi connectivity index (χ3v) is 3.69. The van der Waals surface area contributed by atoms with E-state index in [-0.39, 0.29) is 18.3 Å². The Bertz CT molecular complexity index is 542. The van der Waals surface area contributed by atoms with Crippen molar-refractivity contribution in [1.82, 2.24) is 4.90 Å². The molecule has 0 fully saturated rings. The van der Waals surface area contributed by atoms with Gasteiger partial charge < -0.3 is 19.1 Å². The van der Waals surface area contributed by atoms with E-state index >= 15 is 0 Å². The summed E-state index contributed by atoms with van der Waals surface area (Å²) in [6.45, 7) is 7.74. The second kappa shape index (κ2) is 12.2. The van der Waals surface area contributed by atoms with Crippen LogP contribution in [-0.4, -0.2) is 50.2 Å². The molecule has 0 aliphatic heterocycles. The van der Waals surface area contributed by atoms with Crippen LogP contribution in [0.2, 0.25) is 0 Å². The van der Waals surface area contributed by atoms with Crippen LogP contribution in [0.5, 0.6) is 11.5 Å². The first-order valence-electron chi connectivity index (χ1n) is 9.16. The van der Waals surface area contributed by atoms with Crippen LogP contribution in [0, 0.1) is 5.92 Å². The van der Waals surface area contributed by atoms with Gasteiger partial charge in [-0.1, -0.05) is 13.8 Å². The number of carbonyl (C=O) groups excluding carboxylic acids is 2. The van der Waals surface area contributed by atoms with Gasteiger partial charge in [-0.05, 0) is 43.5 Å². The maximum atomic E-state index is 12.4. The maximum absolute atomic E-state index is 12.4. The van der Waals surface area contributed by atoms with Crippen LogP contribution in [0.1, 0.15) is 40.0 Å². The van der Waals surface area contributed by atoms with Gasteiger partial charge in [0.05, 0.1) is 26.7 Å². The molecule has 0 radical (unpaired) electrons. The molecule has 0 atom stereocenters. The third kappa shape index (κ3) is 8.74. The molecule has 0 heterocycles. The summed E-state index contributed by atoms with van der Waals surface area (Å²) >= 11 is 0. The Morgan fingerprint density at radius 3 is 2.31 bits per heavy atom. The smallest absolute Gasteiger partial charge is 0.307 e. The van der Waals surface area contributed by atoms with Crippen LogP contribution < -0.4 is 9.47 Å². The Kier molecular flexibility index (Phi) is 10.2. The van der Waals surface area contributed by atoms with Crippen LogP contribution in [0.15, 0.2) is 24.3 Å². The minimum atomic E-state index is -0.267. The molecule has 0 spiro atoms. The predicted octanol–water partition coefficient (Wildman–Crippen LogP) is 3.29. The topological polar surface area (TPSA) is 65.1 Å². The molecule has 1 rings (SSSR count). The first-order chi connectivity index (χ1) is 12.5. The van der Waals surface area contributed by atoms with E-state index in [4.69, 9.17) is 14.2 Å². The van der Waals surface area contributed by atoms with Crippen LogP contribution >= 0.6 is 0 Å². The Morgan fingerprint density at radius 1 is 1.08 bits per heavy atom. The van der Waals surface area contributed by atoms with Crippen molar-refractivity contribution in [2.24, 2.45) is 5.92 Å². The van der Waals surface area contributed by atoms with E-state index in [0.29, 0.717) is 45.1 Å². The average Bonchev–Trinajstić information content (AvgIpc) is 2.62. The molecule has 0 N–H and O–H groups in total. The van der Waals surface area contributed by atoms with Crippen molar-refractivity contribution in [1.29, 1.82) is 0 Å². The van der Waals surface area contributed by atoms with Crippen molar-refractivity contribution < 1.29 is 23.8 Å². The summed E-state index contributed by atoms with van der Waals surface area (Å²) in [5.74, 6) is 1.65. The molecular weight excluding hydrogens is 334 g/mol. The summed E-state index contributed by atoms with van der Waals surface area (Å²) in [5, 5.41) is 0. The minimum absolute atomic E-state index is 0.0429. The van der Waals surface area contributed by atoms with Gasteiger partial charge >= 0.3 is 5.97 Å². The largest absolute Gasteiger partial charge is 0.497 e. The summed E-state index contributed by atoms with van der Waals surface area (Å²) in [6, 6.07) is 7.34. The standard InChI is InChI=1S/C20H31NO5/c1-5-25-20(23)12-13-21(15-16(2)3)19(22)7-6-14-26-18-10-8-17(24-4)9-11-18/h8-11,16H,5-7,12-15H2,1-4H3. The molecule has 1 aromatic rings. The maximum Gasteiger partial charge on any atom is 0.307 e. The number of ether oxygens (including phenoxy) is 3. The highest BCUT2D eigenvalue weighted by molar-refractivity contribution is 5.77. The first kappa shape index (κ1) is 21.8. The molecule has 146 valence electrons. The lowest BCUT2D eigenvalue weighted by Crippen LogP contribution is -2.36. The number of nitrogens with zero attached hydrogens (tertiary/aromatic N) is 1. The Morgan fingerprint density at radius 2 is 1.73 bits per heavy atom. The summed E-state index contributed by atoms with van der Waals surface area (Å²) in [4.78, 5) is 25.7. The van der Waals surface area contributed by atoms with Crippen LogP contribution in [0.4, 0.5) is 0 Å². The van der Waals surface area contributed by atoms with Gasteiger partial charge in [0, 0.05) is 19.5 Å². The Hall–Kier alpha value is -2.24. The van der Waals surface area contributed by atoms with E-state index in [2.05, 4.69) is 13.8 Å². The quantitative estimate of drug-likeness (QED) is 0.420. The van der Waals surface area contributed by atoms with Gasteiger partial charge in [-0.25, -0.2) is 0 Å². The summed E-state index contributed by atoms with van der Waals surface area (Å²) in [6.07, 6.45) is 1.25. The predicted molar refractivity (Wildman–Crippen MR) is 100 cm³/mol. The molecule has 1 amide bonds. The average molecular weight is 365 g/mol. The molecule has 0 aliphatic carbocycles. The number of benzene rings is 1. The first-order valence-corrected chi connectivity index (χ1v) is 9.16. The van der Waals surface area contributed by atoms with E-state index in [1.807, 2.05) is 24.3 Å². The molecule has 6 nitrogen and oxygen atoms in total. The molecule has 6 heteroatoms. The lowest BCUT2D eigenvalue weighted by atomic mass is 10.2. The molecule has 0 saturated carbocycles. The molecule has 0 aromatic heterocycles. The third-order valence-electron chi connectivity index (χ3n) is 3.69. The van der Waals surface area contributed by atoms with Crippen molar-refractivity contribution >= 4 is 11.9 Å². The van der Waals surface area contributed by atoms with Crippen molar-refractivity contribution in [3.8, 4) is 11.5 Å². The van der Waals surface area contributed by atoms with Gasteiger partial charge in [-0.2, -0.15) is 0 Å². The molecule has 26 heavy (non-hydrogen) atoms. The van der Waals surface area contributed by atoms with E-state index in [0.717, 1.165) is 11.5 Å². The van der Waals surface area contributed by atoms with E-state index in [9.17, 15) is 9.59 Å². The van der Waals surface area contributed by atoms with Crippen LogP contribution in [0.3, 0.4) is 0 Å². The van der Waals surface area contributed by atoms with Gasteiger partial charge in [-0.15, -0.1) is 0 Å². The highest BCUT2D eigenvalue weighted by Gasteiger charge is 2.16. The minimum Gasteiger partial charge on any atom is -0.497 e. The van der Waals surface area contributed by atoms with Crippen molar-refractivity contribution in [2.75, 3.05) is 33.4 Å². The van der Waals surface area contributed by atoms with Crippen LogP contribution in [-0.2, 0) is 14.3 Å². The molecule has 0 unspecified atom stereocenters. The molecule has 0 bridgehead atoms. The van der Waals surface area contributed by atoms with E-state index in [1.165, 1.54) is 0 Å². The lowest BCUT2D eigenvalue weighted by Gasteiger charge is -2.24. The Labute approximate surface area is 156 Å². The number of esters is 1. The monoisotopic (exact) mass is 365 g/mol. The second-order valence-corrected chi connectivity index (χ2v) is 6.42. The molecule has 1 aromatic carbocycles. The zero-order valence-corrected chi connectivity index (χ0v) is 16.3. The van der Waals surface area contributed by atoms with Gasteiger partial charge in [0.15, 0.2) is 0 Å². The van der Waals surface area contributed by atoms with Crippen molar-refractivity contribution in [2.45, 2.75) is 40.0 Å². The number of hydrogen-bond donors (Lipinski definition) is 0. The highest BCUT2D eigenvalue weighted by atomic mass is 16.5. The van der Waals surface area contributed by atoms with Gasteiger partial charge in [0.25, 0.3) is 0 Å². The van der Waals surface area contributed by atoms with Crippen LogP contribution in [0.25, 0.3) is 0 Å². The van der Waals surface area contributed by atoms with Gasteiger partial charge in [0.1, 0.15) is 11.5 Å². The fourth-order valence-corrected chi connectivity index (χ4v) is 2.46. The fourth-order valence-electron chi connectivity index (χ4n) is 2.46. The van der Waals surface area contributed by atoms with Crippen molar-refractivity contribution in [3.63, 3.8) is 0 Å². The molecule has 0 saturated heterocycles. The highest BCUT2D eigenvalue weighted by Crippen LogP contribution is 2.17. The zero-order valence-electron chi connectivity index (χ0n) is 16.3. The number of rotatable bonds is 12. The van der Waals surface area contributed by atoms with Gasteiger partial charge in [0.2, 0.25) is 5.91 Å². The summed E-state index contributed by atoms with van der Waals surface area (Å²) in [7, 11) is 1.62. The Balaban J connectivity index is 2.38. The normalized spacial score (nSPS) is 10.5. The number of carbonyl (C=O) groups is 2. The molecular formula is C20H31NO5. The fraction of sp³-hybridized carbons (Fsp3) is 0.600. The summed E-state index contributed by atoms with van der Waals surface area (Å²) < 4.78 is 15.7. The number of hydrogen-bond acceptors (Lipinski definition) is 5.